The van der Waals surface area contributed by atoms with Gasteiger partial charge in [-0.05, 0) is 69.0 Å². The first-order valence-corrected chi connectivity index (χ1v) is 9.63. The summed E-state index contributed by atoms with van der Waals surface area (Å²) in [6.45, 7) is 10.9. The quantitative estimate of drug-likeness (QED) is 0.660. The van der Waals surface area contributed by atoms with Gasteiger partial charge in [-0.15, -0.1) is 0 Å². The van der Waals surface area contributed by atoms with Crippen LogP contribution in [0.3, 0.4) is 0 Å². The molecule has 2 aromatic carbocycles. The molecule has 3 aromatic rings. The van der Waals surface area contributed by atoms with Gasteiger partial charge in [0.05, 0.1) is 0 Å². The van der Waals surface area contributed by atoms with Crippen molar-refractivity contribution >= 4 is 11.6 Å². The molecule has 1 unspecified atom stereocenters. The lowest BCUT2D eigenvalue weighted by atomic mass is 10.0. The van der Waals surface area contributed by atoms with Gasteiger partial charge in [0.15, 0.2) is 5.82 Å². The number of aryl methyl sites for hydroxylation is 5. The number of hydrogen-bond donors (Lipinski definition) is 0. The Kier molecular flexibility index (Phi) is 4.53. The van der Waals surface area contributed by atoms with Gasteiger partial charge in [0.25, 0.3) is 5.89 Å². The van der Waals surface area contributed by atoms with Crippen LogP contribution < -0.4 is 4.90 Å². The monoisotopic (exact) mass is 375 g/mol. The molecule has 0 saturated carbocycles. The maximum atomic E-state index is 12.7. The van der Waals surface area contributed by atoms with Crippen LogP contribution in [-0.4, -0.2) is 22.6 Å². The van der Waals surface area contributed by atoms with Crippen molar-refractivity contribution in [3.05, 3.63) is 64.0 Å². The fraction of sp³-hybridized carbons (Fsp3) is 0.348. The van der Waals surface area contributed by atoms with Gasteiger partial charge in [0, 0.05) is 30.1 Å². The molecule has 1 saturated heterocycles. The van der Waals surface area contributed by atoms with Crippen LogP contribution in [0, 0.1) is 34.6 Å². The number of anilines is 1. The number of nitrogens with zero attached hydrogens (tertiary/aromatic N) is 3. The molecule has 2 heterocycles. The van der Waals surface area contributed by atoms with E-state index in [0.29, 0.717) is 24.7 Å². The van der Waals surface area contributed by atoms with Gasteiger partial charge in [-0.2, -0.15) is 4.98 Å². The summed E-state index contributed by atoms with van der Waals surface area (Å²) in [5.41, 5.74) is 7.78. The average Bonchev–Trinajstić information content (AvgIpc) is 3.24. The van der Waals surface area contributed by atoms with Gasteiger partial charge in [-0.3, -0.25) is 4.79 Å². The van der Waals surface area contributed by atoms with Crippen molar-refractivity contribution in [3.8, 4) is 11.5 Å². The van der Waals surface area contributed by atoms with Crippen LogP contribution in [0.5, 0.6) is 0 Å². The van der Waals surface area contributed by atoms with E-state index in [4.69, 9.17) is 4.52 Å². The van der Waals surface area contributed by atoms with Crippen LogP contribution in [0.2, 0.25) is 0 Å². The highest BCUT2D eigenvalue weighted by Gasteiger charge is 2.35. The second-order valence-corrected chi connectivity index (χ2v) is 7.91. The molecule has 5 nitrogen and oxygen atoms in total. The number of aromatic nitrogens is 2. The molecule has 4 rings (SSSR count). The summed E-state index contributed by atoms with van der Waals surface area (Å²) in [5.74, 6) is 1.16. The molecular formula is C23H25N3O2. The Morgan fingerprint density at radius 1 is 0.964 bits per heavy atom. The van der Waals surface area contributed by atoms with Crippen molar-refractivity contribution in [2.24, 2.45) is 0 Å². The van der Waals surface area contributed by atoms with Gasteiger partial charge >= 0.3 is 0 Å². The normalized spacial score (nSPS) is 16.8. The predicted octanol–water partition coefficient (Wildman–Crippen LogP) is 4.80. The second kappa shape index (κ2) is 6.89. The van der Waals surface area contributed by atoms with Crippen LogP contribution in [0.1, 0.15) is 46.0 Å². The summed E-state index contributed by atoms with van der Waals surface area (Å²) >= 11 is 0. The predicted molar refractivity (Wildman–Crippen MR) is 110 cm³/mol. The van der Waals surface area contributed by atoms with Crippen molar-refractivity contribution < 1.29 is 9.32 Å². The minimum Gasteiger partial charge on any atom is -0.334 e. The molecule has 0 spiro atoms. The summed E-state index contributed by atoms with van der Waals surface area (Å²) in [6.07, 6.45) is 0.401. The minimum absolute atomic E-state index is 0.0587. The first kappa shape index (κ1) is 18.4. The van der Waals surface area contributed by atoms with E-state index in [0.717, 1.165) is 22.4 Å². The Bertz CT molecular complexity index is 1040. The number of hydrogen-bond acceptors (Lipinski definition) is 4. The Morgan fingerprint density at radius 3 is 2.36 bits per heavy atom. The number of rotatable bonds is 3. The SMILES string of the molecule is Cc1cc(C)c(N2CC(c3noc(-c4ccc(C)c(C)c4)n3)CC2=O)c(C)c1. The maximum Gasteiger partial charge on any atom is 0.257 e. The summed E-state index contributed by atoms with van der Waals surface area (Å²) in [5, 5.41) is 4.18. The summed E-state index contributed by atoms with van der Waals surface area (Å²) < 4.78 is 5.51. The van der Waals surface area contributed by atoms with Gasteiger partial charge in [0.1, 0.15) is 0 Å². The topological polar surface area (TPSA) is 59.2 Å². The molecule has 0 aliphatic carbocycles. The minimum atomic E-state index is -0.0587. The molecule has 1 aromatic heterocycles. The molecule has 1 amide bonds. The molecule has 1 atom stereocenters. The van der Waals surface area contributed by atoms with E-state index in [-0.39, 0.29) is 11.8 Å². The third-order valence-electron chi connectivity index (χ3n) is 5.59. The first-order valence-electron chi connectivity index (χ1n) is 9.63. The maximum absolute atomic E-state index is 12.7. The van der Waals surface area contributed by atoms with E-state index < -0.39 is 0 Å². The Hall–Kier alpha value is -2.95. The van der Waals surface area contributed by atoms with Gasteiger partial charge in [-0.25, -0.2) is 0 Å². The third kappa shape index (κ3) is 3.21. The Balaban J connectivity index is 1.60. The van der Waals surface area contributed by atoms with Crippen LogP contribution in [-0.2, 0) is 4.79 Å². The summed E-state index contributed by atoms with van der Waals surface area (Å²) in [6, 6.07) is 10.3. The number of amides is 1. The van der Waals surface area contributed by atoms with Crippen molar-refractivity contribution in [3.63, 3.8) is 0 Å². The van der Waals surface area contributed by atoms with Crippen molar-refractivity contribution in [2.45, 2.75) is 47.0 Å². The van der Waals surface area contributed by atoms with Crippen molar-refractivity contribution in [1.29, 1.82) is 0 Å². The lowest BCUT2D eigenvalue weighted by Crippen LogP contribution is -2.26. The van der Waals surface area contributed by atoms with E-state index in [1.54, 1.807) is 0 Å². The summed E-state index contributed by atoms with van der Waals surface area (Å²) in [4.78, 5) is 19.2. The van der Waals surface area contributed by atoms with E-state index in [2.05, 4.69) is 69.0 Å². The second-order valence-electron chi connectivity index (χ2n) is 7.91. The number of carbonyl (C=O) groups is 1. The van der Waals surface area contributed by atoms with E-state index in [1.807, 2.05) is 11.0 Å². The van der Waals surface area contributed by atoms with Gasteiger partial charge < -0.3 is 9.42 Å². The zero-order valence-electron chi connectivity index (χ0n) is 17.0. The molecule has 0 radical (unpaired) electrons. The highest BCUT2D eigenvalue weighted by atomic mass is 16.5. The zero-order chi connectivity index (χ0) is 20.0. The van der Waals surface area contributed by atoms with Crippen LogP contribution in [0.25, 0.3) is 11.5 Å². The summed E-state index contributed by atoms with van der Waals surface area (Å²) in [7, 11) is 0. The van der Waals surface area contributed by atoms with Crippen molar-refractivity contribution in [1.82, 2.24) is 10.1 Å². The molecule has 5 heteroatoms. The van der Waals surface area contributed by atoms with Crippen LogP contribution >= 0.6 is 0 Å². The highest BCUT2D eigenvalue weighted by molar-refractivity contribution is 5.97. The van der Waals surface area contributed by atoms with E-state index >= 15 is 0 Å². The van der Waals surface area contributed by atoms with Crippen LogP contribution in [0.15, 0.2) is 34.9 Å². The smallest absolute Gasteiger partial charge is 0.257 e. The number of benzene rings is 2. The molecule has 144 valence electrons. The lowest BCUT2D eigenvalue weighted by Gasteiger charge is -2.22. The zero-order valence-corrected chi connectivity index (χ0v) is 17.0. The molecule has 28 heavy (non-hydrogen) atoms. The molecule has 0 N–H and O–H groups in total. The lowest BCUT2D eigenvalue weighted by molar-refractivity contribution is -0.117. The van der Waals surface area contributed by atoms with Crippen LogP contribution in [0.4, 0.5) is 5.69 Å². The Labute approximate surface area is 165 Å². The third-order valence-corrected chi connectivity index (χ3v) is 5.59. The van der Waals surface area contributed by atoms with E-state index in [1.165, 1.54) is 16.7 Å². The molecule has 1 fully saturated rings. The molecule has 1 aliphatic rings. The average molecular weight is 375 g/mol. The molecule has 1 aliphatic heterocycles. The fourth-order valence-electron chi connectivity index (χ4n) is 4.09. The first-order chi connectivity index (χ1) is 13.3. The molecule has 0 bridgehead atoms. The standard InChI is InChI=1S/C23H25N3O2/c1-13-8-16(4)21(17(5)9-13)26-12-19(11-20(26)27)22-24-23(28-25-22)18-7-6-14(2)15(3)10-18/h6-10,19H,11-12H2,1-5H3. The van der Waals surface area contributed by atoms with E-state index in [9.17, 15) is 4.79 Å². The largest absolute Gasteiger partial charge is 0.334 e. The van der Waals surface area contributed by atoms with Crippen molar-refractivity contribution in [2.75, 3.05) is 11.4 Å². The molecular weight excluding hydrogens is 350 g/mol. The Morgan fingerprint density at radius 2 is 1.68 bits per heavy atom. The number of carbonyl (C=O) groups excluding carboxylic acids is 1. The van der Waals surface area contributed by atoms with Gasteiger partial charge in [0.2, 0.25) is 5.91 Å². The van der Waals surface area contributed by atoms with Gasteiger partial charge in [-0.1, -0.05) is 28.9 Å². The highest BCUT2D eigenvalue weighted by Crippen LogP contribution is 2.35. The fourth-order valence-corrected chi connectivity index (χ4v) is 4.09.